The minimum atomic E-state index is -2.49. The van der Waals surface area contributed by atoms with Crippen LogP contribution >= 0.6 is 0 Å². The van der Waals surface area contributed by atoms with Gasteiger partial charge in [-0.3, -0.25) is 0 Å². The lowest BCUT2D eigenvalue weighted by Crippen LogP contribution is -2.60. The Morgan fingerprint density at radius 1 is 1.24 bits per heavy atom. The van der Waals surface area contributed by atoms with Crippen LogP contribution < -0.4 is 4.74 Å². The molecule has 4 atom stereocenters. The van der Waals surface area contributed by atoms with Crippen molar-refractivity contribution >= 4 is 16.9 Å². The maximum absolute atomic E-state index is 13.0. The van der Waals surface area contributed by atoms with E-state index in [0.717, 1.165) is 18.4 Å². The first kappa shape index (κ1) is 24.1. The zero-order chi connectivity index (χ0) is 24.0. The maximum atomic E-state index is 13.0. The lowest BCUT2D eigenvalue weighted by molar-refractivity contribution is -0.313. The lowest BCUT2D eigenvalue weighted by Gasteiger charge is -2.39. The van der Waals surface area contributed by atoms with Crippen LogP contribution in [0.4, 0.5) is 0 Å². The number of aromatic nitrogens is 1. The van der Waals surface area contributed by atoms with Gasteiger partial charge in [0.05, 0.1) is 12.3 Å². The molecular formula is C24H33NO8. The summed E-state index contributed by atoms with van der Waals surface area (Å²) in [4.78, 5) is 16.0. The van der Waals surface area contributed by atoms with Crippen LogP contribution in [0.3, 0.4) is 0 Å². The number of aliphatic hydroxyl groups is 5. The first-order valence-corrected chi connectivity index (χ1v) is 11.5. The van der Waals surface area contributed by atoms with E-state index in [1.165, 1.54) is 0 Å². The second kappa shape index (κ2) is 8.98. The van der Waals surface area contributed by atoms with Gasteiger partial charge >= 0.3 is 5.97 Å². The summed E-state index contributed by atoms with van der Waals surface area (Å²) >= 11 is 0. The minimum absolute atomic E-state index is 0.101. The molecule has 1 aromatic carbocycles. The largest absolute Gasteiger partial charge is 0.422 e. The summed E-state index contributed by atoms with van der Waals surface area (Å²) in [5, 5.41) is 53.0. The van der Waals surface area contributed by atoms with E-state index in [4.69, 9.17) is 9.47 Å². The Morgan fingerprint density at radius 2 is 1.94 bits per heavy atom. The smallest absolute Gasteiger partial charge is 0.343 e. The highest BCUT2D eigenvalue weighted by Gasteiger charge is 2.66. The molecule has 182 valence electrons. The summed E-state index contributed by atoms with van der Waals surface area (Å²) < 4.78 is 10.9. The number of carbonyl (C=O) groups is 1. The summed E-state index contributed by atoms with van der Waals surface area (Å²) in [7, 11) is 0. The Kier molecular flexibility index (Phi) is 6.56. The standard InChI is InChI=1S/C24H33NO8/c1-13(2)5-6-14-7-8-16-15(11-14)19(17(12-26)25-16)32-22(29)20-18(27)21(28)24(31,33-20)23(30)9-3-4-10-23/h7-8,11,13,18,20-21,25-28,30-31H,3-6,9-10,12H2,1-2H3/t18-,20+,21+,24+/m0/s1. The van der Waals surface area contributed by atoms with Crippen molar-refractivity contribution in [1.82, 2.24) is 4.98 Å². The molecule has 6 N–H and O–H groups in total. The average molecular weight is 464 g/mol. The molecule has 1 saturated heterocycles. The van der Waals surface area contributed by atoms with Gasteiger partial charge in [-0.15, -0.1) is 0 Å². The van der Waals surface area contributed by atoms with Gasteiger partial charge in [0.2, 0.25) is 5.79 Å². The number of hydrogen-bond acceptors (Lipinski definition) is 8. The number of nitrogens with one attached hydrogen (secondary N) is 1. The normalized spacial score (nSPS) is 29.3. The molecule has 1 aromatic heterocycles. The first-order chi connectivity index (χ1) is 15.6. The van der Waals surface area contributed by atoms with Gasteiger partial charge in [-0.05, 0) is 49.3 Å². The van der Waals surface area contributed by atoms with Crippen molar-refractivity contribution in [3.05, 3.63) is 29.5 Å². The molecule has 2 heterocycles. The number of aromatic amines is 1. The quantitative estimate of drug-likeness (QED) is 0.336. The molecule has 2 fully saturated rings. The van der Waals surface area contributed by atoms with Crippen molar-refractivity contribution in [2.24, 2.45) is 5.92 Å². The highest BCUT2D eigenvalue weighted by Crippen LogP contribution is 2.46. The second-order valence-corrected chi connectivity index (χ2v) is 9.73. The zero-order valence-corrected chi connectivity index (χ0v) is 19.0. The highest BCUT2D eigenvalue weighted by atomic mass is 16.7. The molecule has 33 heavy (non-hydrogen) atoms. The highest BCUT2D eigenvalue weighted by molar-refractivity contribution is 5.91. The van der Waals surface area contributed by atoms with Crippen molar-refractivity contribution in [3.63, 3.8) is 0 Å². The molecule has 1 aliphatic carbocycles. The van der Waals surface area contributed by atoms with Crippen LogP contribution in [0.5, 0.6) is 5.75 Å². The van der Waals surface area contributed by atoms with Crippen LogP contribution in [0.2, 0.25) is 0 Å². The van der Waals surface area contributed by atoms with Crippen LogP contribution in [-0.2, 0) is 22.6 Å². The fourth-order valence-corrected chi connectivity index (χ4v) is 4.89. The number of H-pyrrole nitrogens is 1. The summed E-state index contributed by atoms with van der Waals surface area (Å²) in [6.07, 6.45) is -1.99. The van der Waals surface area contributed by atoms with Crippen LogP contribution in [0, 0.1) is 5.92 Å². The number of benzene rings is 1. The Balaban J connectivity index is 1.60. The van der Waals surface area contributed by atoms with E-state index in [1.807, 2.05) is 18.2 Å². The van der Waals surface area contributed by atoms with E-state index in [-0.39, 0.29) is 24.3 Å². The van der Waals surface area contributed by atoms with Gasteiger partial charge in [-0.25, -0.2) is 4.79 Å². The summed E-state index contributed by atoms with van der Waals surface area (Å²) in [5.41, 5.74) is 0.212. The molecule has 1 saturated carbocycles. The number of ether oxygens (including phenoxy) is 2. The molecule has 2 aliphatic rings. The van der Waals surface area contributed by atoms with E-state index < -0.39 is 42.3 Å². The van der Waals surface area contributed by atoms with Crippen molar-refractivity contribution in [2.45, 2.75) is 88.7 Å². The Hall–Kier alpha value is -2.01. The average Bonchev–Trinajstić information content (AvgIpc) is 3.45. The van der Waals surface area contributed by atoms with Crippen LogP contribution in [0.15, 0.2) is 18.2 Å². The number of aryl methyl sites for hydroxylation is 1. The van der Waals surface area contributed by atoms with Gasteiger partial charge in [0.1, 0.15) is 17.8 Å². The third kappa shape index (κ3) is 4.18. The number of hydrogen-bond donors (Lipinski definition) is 6. The topological polar surface area (TPSA) is 152 Å². The van der Waals surface area contributed by atoms with Crippen LogP contribution in [0.1, 0.15) is 57.2 Å². The molecule has 4 rings (SSSR count). The fourth-order valence-electron chi connectivity index (χ4n) is 4.89. The SMILES string of the molecule is CC(C)CCc1ccc2[nH]c(CO)c(OC(=O)[C@@H]3O[C@@](O)(C4(O)CCCC4)[C@H](O)[C@H]3O)c2c1. The summed E-state index contributed by atoms with van der Waals surface area (Å²) in [6.45, 7) is 3.85. The number of esters is 1. The molecule has 0 radical (unpaired) electrons. The molecule has 9 nitrogen and oxygen atoms in total. The second-order valence-electron chi connectivity index (χ2n) is 9.73. The van der Waals surface area contributed by atoms with Crippen molar-refractivity contribution in [2.75, 3.05) is 0 Å². The van der Waals surface area contributed by atoms with Gasteiger partial charge < -0.3 is 40.0 Å². The number of rotatable bonds is 7. The molecule has 0 unspecified atom stereocenters. The van der Waals surface area contributed by atoms with E-state index in [2.05, 4.69) is 18.8 Å². The first-order valence-electron chi connectivity index (χ1n) is 11.5. The van der Waals surface area contributed by atoms with E-state index in [1.54, 1.807) is 0 Å². The van der Waals surface area contributed by atoms with E-state index in [0.29, 0.717) is 29.7 Å². The number of carbonyl (C=O) groups excluding carboxylic acids is 1. The molecule has 0 bridgehead atoms. The zero-order valence-electron chi connectivity index (χ0n) is 19.0. The van der Waals surface area contributed by atoms with E-state index >= 15 is 0 Å². The predicted octanol–water partition coefficient (Wildman–Crippen LogP) is 1.27. The van der Waals surface area contributed by atoms with Gasteiger partial charge in [0.25, 0.3) is 0 Å². The Labute approximate surface area is 192 Å². The van der Waals surface area contributed by atoms with Crippen LogP contribution in [0.25, 0.3) is 10.9 Å². The van der Waals surface area contributed by atoms with E-state index in [9.17, 15) is 30.3 Å². The maximum Gasteiger partial charge on any atom is 0.343 e. The molecule has 9 heteroatoms. The monoisotopic (exact) mass is 463 g/mol. The summed E-state index contributed by atoms with van der Waals surface area (Å²) in [6, 6.07) is 5.70. The Morgan fingerprint density at radius 3 is 2.58 bits per heavy atom. The lowest BCUT2D eigenvalue weighted by atomic mass is 9.86. The number of aliphatic hydroxyl groups excluding tert-OH is 3. The van der Waals surface area contributed by atoms with Gasteiger partial charge in [-0.2, -0.15) is 0 Å². The van der Waals surface area contributed by atoms with Crippen LogP contribution in [-0.4, -0.2) is 66.2 Å². The third-order valence-electron chi connectivity index (χ3n) is 6.93. The third-order valence-corrected chi connectivity index (χ3v) is 6.93. The molecule has 1 aliphatic heterocycles. The van der Waals surface area contributed by atoms with Crippen molar-refractivity contribution < 1.29 is 39.8 Å². The number of fused-ring (bicyclic) bond motifs is 1. The fraction of sp³-hybridized carbons (Fsp3) is 0.625. The Bertz CT molecular complexity index is 1010. The van der Waals surface area contributed by atoms with Crippen molar-refractivity contribution in [1.29, 1.82) is 0 Å². The summed E-state index contributed by atoms with van der Waals surface area (Å²) in [5.74, 6) is -2.90. The molecule has 2 aromatic rings. The minimum Gasteiger partial charge on any atom is -0.422 e. The van der Waals surface area contributed by atoms with Gasteiger partial charge in [-0.1, -0.05) is 32.8 Å². The van der Waals surface area contributed by atoms with Crippen molar-refractivity contribution in [3.8, 4) is 5.75 Å². The molecular weight excluding hydrogens is 430 g/mol. The predicted molar refractivity (Wildman–Crippen MR) is 118 cm³/mol. The molecule has 0 spiro atoms. The molecule has 0 amide bonds. The van der Waals surface area contributed by atoms with Gasteiger partial charge in [0, 0.05) is 10.9 Å². The van der Waals surface area contributed by atoms with Gasteiger partial charge in [0.15, 0.2) is 11.9 Å².